The molecule has 2 aliphatic heterocycles. The standard InChI is InChI=1S/C14H23N5OS2/c1-10-16-17-14(22-10)21-6-3-13(20)15-11-7-12-9-18(2)4-5-19(12)8-11/h11-12H,3-9H2,1-2H3,(H,15,20). The molecule has 2 aliphatic rings. The molecule has 8 heteroatoms. The van der Waals surface area contributed by atoms with Crippen LogP contribution in [-0.2, 0) is 4.79 Å². The van der Waals surface area contributed by atoms with Gasteiger partial charge in [0, 0.05) is 50.4 Å². The van der Waals surface area contributed by atoms with Crippen molar-refractivity contribution in [3.8, 4) is 0 Å². The minimum absolute atomic E-state index is 0.159. The van der Waals surface area contributed by atoms with E-state index in [0.29, 0.717) is 18.5 Å². The molecule has 122 valence electrons. The van der Waals surface area contributed by atoms with Gasteiger partial charge in [0.2, 0.25) is 5.91 Å². The maximum absolute atomic E-state index is 12.1. The SMILES string of the molecule is Cc1nnc(SCCC(=O)NC2CC3CN(C)CCN3C2)s1. The molecule has 2 fully saturated rings. The molecule has 0 aromatic carbocycles. The van der Waals surface area contributed by atoms with Gasteiger partial charge in [0.15, 0.2) is 4.34 Å². The van der Waals surface area contributed by atoms with E-state index in [2.05, 4.69) is 32.4 Å². The smallest absolute Gasteiger partial charge is 0.221 e. The van der Waals surface area contributed by atoms with Crippen molar-refractivity contribution in [1.29, 1.82) is 0 Å². The molecule has 6 nitrogen and oxygen atoms in total. The lowest BCUT2D eigenvalue weighted by molar-refractivity contribution is -0.121. The van der Waals surface area contributed by atoms with Crippen molar-refractivity contribution in [2.45, 2.75) is 36.2 Å². The Labute approximate surface area is 139 Å². The number of amides is 1. The van der Waals surface area contributed by atoms with Gasteiger partial charge in [-0.05, 0) is 20.4 Å². The van der Waals surface area contributed by atoms with Gasteiger partial charge in [0.25, 0.3) is 0 Å². The van der Waals surface area contributed by atoms with Crippen LogP contribution in [0.3, 0.4) is 0 Å². The van der Waals surface area contributed by atoms with E-state index in [1.165, 1.54) is 0 Å². The molecule has 2 unspecified atom stereocenters. The predicted octanol–water partition coefficient (Wildman–Crippen LogP) is 0.833. The van der Waals surface area contributed by atoms with Gasteiger partial charge in [-0.25, -0.2) is 0 Å². The molecule has 1 amide bonds. The molecular weight excluding hydrogens is 318 g/mol. The summed E-state index contributed by atoms with van der Waals surface area (Å²) in [4.78, 5) is 17.0. The van der Waals surface area contributed by atoms with Crippen molar-refractivity contribution in [3.05, 3.63) is 5.01 Å². The number of aryl methyl sites for hydroxylation is 1. The Morgan fingerprint density at radius 1 is 1.41 bits per heavy atom. The van der Waals surface area contributed by atoms with E-state index >= 15 is 0 Å². The lowest BCUT2D eigenvalue weighted by Crippen LogP contribution is -2.48. The van der Waals surface area contributed by atoms with E-state index in [9.17, 15) is 4.79 Å². The van der Waals surface area contributed by atoms with Gasteiger partial charge < -0.3 is 10.2 Å². The van der Waals surface area contributed by atoms with Crippen LogP contribution in [0.15, 0.2) is 4.34 Å². The van der Waals surface area contributed by atoms with Gasteiger partial charge in [0.1, 0.15) is 5.01 Å². The van der Waals surface area contributed by atoms with Crippen molar-refractivity contribution in [3.63, 3.8) is 0 Å². The zero-order valence-electron chi connectivity index (χ0n) is 13.1. The molecule has 2 saturated heterocycles. The summed E-state index contributed by atoms with van der Waals surface area (Å²) < 4.78 is 0.950. The Hall–Kier alpha value is -0.700. The number of rotatable bonds is 5. The maximum atomic E-state index is 12.1. The third-order valence-electron chi connectivity index (χ3n) is 4.25. The van der Waals surface area contributed by atoms with Crippen LogP contribution in [0.25, 0.3) is 0 Å². The van der Waals surface area contributed by atoms with Crippen LogP contribution in [0, 0.1) is 6.92 Å². The van der Waals surface area contributed by atoms with Crippen LogP contribution < -0.4 is 5.32 Å². The summed E-state index contributed by atoms with van der Waals surface area (Å²) in [7, 11) is 2.18. The fraction of sp³-hybridized carbons (Fsp3) is 0.786. The van der Waals surface area contributed by atoms with Crippen molar-refractivity contribution < 1.29 is 4.79 Å². The number of likely N-dealkylation sites (N-methyl/N-ethyl adjacent to an activating group) is 1. The van der Waals surface area contributed by atoms with Gasteiger partial charge in [-0.15, -0.1) is 10.2 Å². The third kappa shape index (κ3) is 4.18. The van der Waals surface area contributed by atoms with Gasteiger partial charge >= 0.3 is 0 Å². The van der Waals surface area contributed by atoms with Crippen LogP contribution in [0.4, 0.5) is 0 Å². The first kappa shape index (κ1) is 16.2. The molecule has 0 bridgehead atoms. The Bertz CT molecular complexity index is 523. The summed E-state index contributed by atoms with van der Waals surface area (Å²) in [5.74, 6) is 0.926. The second kappa shape index (κ2) is 7.25. The fourth-order valence-electron chi connectivity index (χ4n) is 3.17. The Morgan fingerprint density at radius 3 is 3.05 bits per heavy atom. The van der Waals surface area contributed by atoms with Crippen molar-refractivity contribution >= 4 is 29.0 Å². The number of thioether (sulfide) groups is 1. The number of carbonyl (C=O) groups is 1. The number of hydrogen-bond donors (Lipinski definition) is 1. The van der Waals surface area contributed by atoms with E-state index in [4.69, 9.17) is 0 Å². The maximum Gasteiger partial charge on any atom is 0.221 e. The molecule has 3 rings (SSSR count). The van der Waals surface area contributed by atoms with E-state index in [1.807, 2.05) is 6.92 Å². The zero-order valence-corrected chi connectivity index (χ0v) is 14.8. The number of aromatic nitrogens is 2. The topological polar surface area (TPSA) is 61.4 Å². The summed E-state index contributed by atoms with van der Waals surface area (Å²) in [5.41, 5.74) is 0. The van der Waals surface area contributed by atoms with Gasteiger partial charge in [-0.2, -0.15) is 0 Å². The molecule has 1 aromatic heterocycles. The minimum atomic E-state index is 0.159. The summed E-state index contributed by atoms with van der Waals surface area (Å²) in [6.45, 7) is 6.33. The van der Waals surface area contributed by atoms with Crippen LogP contribution in [0.2, 0.25) is 0 Å². The minimum Gasteiger partial charge on any atom is -0.352 e. The third-order valence-corrected chi connectivity index (χ3v) is 6.22. The van der Waals surface area contributed by atoms with E-state index in [0.717, 1.165) is 47.7 Å². The van der Waals surface area contributed by atoms with E-state index in [-0.39, 0.29) is 5.91 Å². The lowest BCUT2D eigenvalue weighted by Gasteiger charge is -2.34. The Morgan fingerprint density at radius 2 is 2.27 bits per heavy atom. The summed E-state index contributed by atoms with van der Waals surface area (Å²) in [5, 5.41) is 12.2. The van der Waals surface area contributed by atoms with Crippen molar-refractivity contribution in [2.75, 3.05) is 39.0 Å². The zero-order chi connectivity index (χ0) is 15.5. The largest absolute Gasteiger partial charge is 0.352 e. The first-order valence-corrected chi connectivity index (χ1v) is 9.55. The Balaban J connectivity index is 1.37. The molecule has 3 heterocycles. The lowest BCUT2D eigenvalue weighted by atomic mass is 10.1. The summed E-state index contributed by atoms with van der Waals surface area (Å²) in [6.07, 6.45) is 1.63. The number of fused-ring (bicyclic) bond motifs is 1. The molecule has 2 atom stereocenters. The molecule has 0 saturated carbocycles. The highest BCUT2D eigenvalue weighted by Crippen LogP contribution is 2.23. The highest BCUT2D eigenvalue weighted by Gasteiger charge is 2.35. The van der Waals surface area contributed by atoms with Crippen LogP contribution in [0.1, 0.15) is 17.8 Å². The highest BCUT2D eigenvalue weighted by molar-refractivity contribution is 8.01. The van der Waals surface area contributed by atoms with Crippen molar-refractivity contribution in [1.82, 2.24) is 25.3 Å². The van der Waals surface area contributed by atoms with Crippen LogP contribution in [0.5, 0.6) is 0 Å². The number of nitrogens with one attached hydrogen (secondary N) is 1. The fourth-order valence-corrected chi connectivity index (χ4v) is 4.99. The second-order valence-corrected chi connectivity index (χ2v) is 8.62. The predicted molar refractivity (Wildman–Crippen MR) is 89.4 cm³/mol. The average Bonchev–Trinajstić information content (AvgIpc) is 3.04. The number of carbonyl (C=O) groups excluding carboxylic acids is 1. The van der Waals surface area contributed by atoms with Crippen LogP contribution >= 0.6 is 23.1 Å². The summed E-state index contributed by atoms with van der Waals surface area (Å²) in [6, 6.07) is 0.931. The summed E-state index contributed by atoms with van der Waals surface area (Å²) >= 11 is 3.20. The van der Waals surface area contributed by atoms with E-state index < -0.39 is 0 Å². The highest BCUT2D eigenvalue weighted by atomic mass is 32.2. The van der Waals surface area contributed by atoms with Gasteiger partial charge in [-0.3, -0.25) is 9.69 Å². The first-order chi connectivity index (χ1) is 10.6. The average molecular weight is 342 g/mol. The van der Waals surface area contributed by atoms with Crippen molar-refractivity contribution in [2.24, 2.45) is 0 Å². The quantitative estimate of drug-likeness (QED) is 0.801. The Kier molecular flexibility index (Phi) is 5.33. The first-order valence-electron chi connectivity index (χ1n) is 7.75. The van der Waals surface area contributed by atoms with E-state index in [1.54, 1.807) is 23.1 Å². The molecule has 0 radical (unpaired) electrons. The molecule has 1 aromatic rings. The molecular formula is C14H23N5OS2. The van der Waals surface area contributed by atoms with Gasteiger partial charge in [-0.1, -0.05) is 23.1 Å². The second-order valence-electron chi connectivity index (χ2n) is 6.10. The molecule has 22 heavy (non-hydrogen) atoms. The molecule has 1 N–H and O–H groups in total. The normalized spacial score (nSPS) is 26.1. The monoisotopic (exact) mass is 341 g/mol. The number of nitrogens with zero attached hydrogens (tertiary/aromatic N) is 4. The molecule has 0 aliphatic carbocycles. The number of piperazine rings is 1. The van der Waals surface area contributed by atoms with Gasteiger partial charge in [0.05, 0.1) is 0 Å². The number of hydrogen-bond acceptors (Lipinski definition) is 7. The molecule has 0 spiro atoms. The van der Waals surface area contributed by atoms with Crippen LogP contribution in [-0.4, -0.2) is 77.0 Å².